The number of carbonyl (C=O) groups excluding carboxylic acids is 2. The van der Waals surface area contributed by atoms with Crippen LogP contribution >= 0.6 is 23.2 Å². The van der Waals surface area contributed by atoms with Crippen LogP contribution in [0.5, 0.6) is 5.75 Å². The number of anilines is 2. The lowest BCUT2D eigenvalue weighted by atomic mass is 10.0. The Morgan fingerprint density at radius 3 is 2.24 bits per heavy atom. The minimum Gasteiger partial charge on any atom is -0.497 e. The van der Waals surface area contributed by atoms with Gasteiger partial charge < -0.3 is 15.4 Å². The molecule has 1 aliphatic carbocycles. The van der Waals surface area contributed by atoms with Gasteiger partial charge in [0, 0.05) is 10.7 Å². The van der Waals surface area contributed by atoms with E-state index in [0.29, 0.717) is 40.0 Å². The fourth-order valence-corrected chi connectivity index (χ4v) is 2.78. The lowest BCUT2D eigenvalue weighted by molar-refractivity contribution is -0.131. The summed E-state index contributed by atoms with van der Waals surface area (Å²) in [5.74, 6) is -0.0385. The van der Waals surface area contributed by atoms with Crippen LogP contribution in [0.4, 0.5) is 11.4 Å². The monoisotopic (exact) mass is 378 g/mol. The van der Waals surface area contributed by atoms with Gasteiger partial charge in [-0.1, -0.05) is 23.2 Å². The summed E-state index contributed by atoms with van der Waals surface area (Å²) in [4.78, 5) is 25.2. The Bertz CT molecular complexity index is 818. The van der Waals surface area contributed by atoms with Crippen molar-refractivity contribution >= 4 is 46.4 Å². The minimum absolute atomic E-state index is 0.340. The van der Waals surface area contributed by atoms with Crippen molar-refractivity contribution in [2.24, 2.45) is 5.41 Å². The van der Waals surface area contributed by atoms with Crippen LogP contribution in [-0.4, -0.2) is 18.9 Å². The Morgan fingerprint density at radius 1 is 1.00 bits per heavy atom. The molecule has 2 aromatic carbocycles. The third-order valence-electron chi connectivity index (χ3n) is 4.14. The summed E-state index contributed by atoms with van der Waals surface area (Å²) in [6, 6.07) is 11.7. The van der Waals surface area contributed by atoms with Crippen LogP contribution in [0.1, 0.15) is 12.8 Å². The molecule has 0 spiro atoms. The first-order valence-corrected chi connectivity index (χ1v) is 8.42. The summed E-state index contributed by atoms with van der Waals surface area (Å²) in [6.45, 7) is 0. The molecule has 1 aliphatic rings. The second-order valence-electron chi connectivity index (χ2n) is 5.84. The van der Waals surface area contributed by atoms with Gasteiger partial charge in [-0.3, -0.25) is 9.59 Å². The fraction of sp³-hybridized carbons (Fsp3) is 0.222. The molecule has 2 aromatic rings. The molecule has 0 heterocycles. The van der Waals surface area contributed by atoms with Gasteiger partial charge in [0.1, 0.15) is 11.2 Å². The summed E-state index contributed by atoms with van der Waals surface area (Å²) in [5, 5.41) is 6.29. The quantitative estimate of drug-likeness (QED) is 0.759. The average Bonchev–Trinajstić information content (AvgIpc) is 3.41. The largest absolute Gasteiger partial charge is 0.497 e. The topological polar surface area (TPSA) is 67.4 Å². The standard InChI is InChI=1S/C18H16Cl2N2O3/c1-25-13-5-3-12(4-6-13)21-16(23)18(8-9-18)17(24)22-15-10-11(19)2-7-14(15)20/h2-7,10H,8-9H2,1H3,(H,21,23)(H,22,24). The van der Waals surface area contributed by atoms with E-state index < -0.39 is 5.41 Å². The van der Waals surface area contributed by atoms with E-state index in [9.17, 15) is 9.59 Å². The molecule has 7 heteroatoms. The maximum atomic E-state index is 12.6. The molecule has 25 heavy (non-hydrogen) atoms. The highest BCUT2D eigenvalue weighted by atomic mass is 35.5. The average molecular weight is 379 g/mol. The highest BCUT2D eigenvalue weighted by Gasteiger charge is 2.56. The van der Waals surface area contributed by atoms with Gasteiger partial charge >= 0.3 is 0 Å². The number of amides is 2. The third kappa shape index (κ3) is 3.72. The van der Waals surface area contributed by atoms with Gasteiger partial charge in [0.05, 0.1) is 17.8 Å². The van der Waals surface area contributed by atoms with Gasteiger partial charge in [-0.25, -0.2) is 0 Å². The molecule has 0 saturated heterocycles. The third-order valence-corrected chi connectivity index (χ3v) is 4.71. The summed E-state index contributed by atoms with van der Waals surface area (Å²) < 4.78 is 5.08. The molecule has 130 valence electrons. The molecule has 3 rings (SSSR count). The molecule has 0 aliphatic heterocycles. The molecule has 1 fully saturated rings. The van der Waals surface area contributed by atoms with Crippen LogP contribution in [0.25, 0.3) is 0 Å². The summed E-state index contributed by atoms with van der Waals surface area (Å²) in [6.07, 6.45) is 0.970. The molecule has 1 saturated carbocycles. The van der Waals surface area contributed by atoms with E-state index in [1.165, 1.54) is 0 Å². The Hall–Kier alpha value is -2.24. The zero-order valence-electron chi connectivity index (χ0n) is 13.4. The second-order valence-corrected chi connectivity index (χ2v) is 6.69. The van der Waals surface area contributed by atoms with E-state index in [1.807, 2.05) is 0 Å². The highest BCUT2D eigenvalue weighted by molar-refractivity contribution is 6.36. The summed E-state index contributed by atoms with van der Waals surface area (Å²) in [7, 11) is 1.57. The van der Waals surface area contributed by atoms with Crippen molar-refractivity contribution in [2.45, 2.75) is 12.8 Å². The molecule has 0 atom stereocenters. The van der Waals surface area contributed by atoms with Gasteiger partial charge in [0.25, 0.3) is 0 Å². The van der Waals surface area contributed by atoms with Crippen molar-refractivity contribution in [3.05, 3.63) is 52.5 Å². The van der Waals surface area contributed by atoms with Crippen molar-refractivity contribution < 1.29 is 14.3 Å². The van der Waals surface area contributed by atoms with E-state index in [-0.39, 0.29) is 11.8 Å². The first-order valence-electron chi connectivity index (χ1n) is 7.67. The molecular weight excluding hydrogens is 363 g/mol. The van der Waals surface area contributed by atoms with Gasteiger partial charge in [0.15, 0.2) is 0 Å². The van der Waals surface area contributed by atoms with Crippen LogP contribution in [0.2, 0.25) is 10.0 Å². The smallest absolute Gasteiger partial charge is 0.240 e. The summed E-state index contributed by atoms with van der Waals surface area (Å²) >= 11 is 12.0. The fourth-order valence-electron chi connectivity index (χ4n) is 2.44. The van der Waals surface area contributed by atoms with Crippen molar-refractivity contribution in [2.75, 3.05) is 17.7 Å². The molecule has 2 amide bonds. The maximum absolute atomic E-state index is 12.6. The van der Waals surface area contributed by atoms with Crippen molar-refractivity contribution in [1.82, 2.24) is 0 Å². The predicted molar refractivity (Wildman–Crippen MR) is 98.4 cm³/mol. The van der Waals surface area contributed by atoms with Gasteiger partial charge in [-0.2, -0.15) is 0 Å². The Labute approximate surface area is 155 Å². The molecule has 2 N–H and O–H groups in total. The Kier molecular flexibility index (Phi) is 4.88. The lowest BCUT2D eigenvalue weighted by Crippen LogP contribution is -2.35. The SMILES string of the molecule is COc1ccc(NC(=O)C2(C(=O)Nc3cc(Cl)ccc3Cl)CC2)cc1. The molecular formula is C18H16Cl2N2O3. The molecule has 0 aromatic heterocycles. The number of hydrogen-bond acceptors (Lipinski definition) is 3. The van der Waals surface area contributed by atoms with Gasteiger partial charge in [-0.05, 0) is 55.3 Å². The Morgan fingerprint density at radius 2 is 1.64 bits per heavy atom. The van der Waals surface area contributed by atoms with Crippen molar-refractivity contribution in [3.63, 3.8) is 0 Å². The number of carbonyl (C=O) groups is 2. The van der Waals surface area contributed by atoms with Crippen LogP contribution in [0.15, 0.2) is 42.5 Å². The normalized spacial score (nSPS) is 14.5. The number of benzene rings is 2. The van der Waals surface area contributed by atoms with E-state index in [1.54, 1.807) is 49.6 Å². The predicted octanol–water partition coefficient (Wildman–Crippen LogP) is 4.36. The maximum Gasteiger partial charge on any atom is 0.240 e. The number of rotatable bonds is 5. The van der Waals surface area contributed by atoms with Crippen LogP contribution < -0.4 is 15.4 Å². The molecule has 5 nitrogen and oxygen atoms in total. The minimum atomic E-state index is -1.08. The van der Waals surface area contributed by atoms with Crippen LogP contribution in [-0.2, 0) is 9.59 Å². The zero-order chi connectivity index (χ0) is 18.0. The lowest BCUT2D eigenvalue weighted by Gasteiger charge is -2.16. The van der Waals surface area contributed by atoms with Crippen LogP contribution in [0, 0.1) is 5.41 Å². The van der Waals surface area contributed by atoms with E-state index in [4.69, 9.17) is 27.9 Å². The number of halogens is 2. The molecule has 0 unspecified atom stereocenters. The van der Waals surface area contributed by atoms with Crippen molar-refractivity contribution in [3.8, 4) is 5.75 Å². The number of ether oxygens (including phenoxy) is 1. The number of methoxy groups -OCH3 is 1. The molecule has 0 bridgehead atoms. The zero-order valence-corrected chi connectivity index (χ0v) is 14.9. The van der Waals surface area contributed by atoms with E-state index in [0.717, 1.165) is 0 Å². The van der Waals surface area contributed by atoms with Crippen LogP contribution in [0.3, 0.4) is 0 Å². The molecule has 0 radical (unpaired) electrons. The Balaban J connectivity index is 1.71. The first kappa shape index (κ1) is 17.6. The van der Waals surface area contributed by atoms with E-state index >= 15 is 0 Å². The second kappa shape index (κ2) is 6.94. The van der Waals surface area contributed by atoms with Gasteiger partial charge in [-0.15, -0.1) is 0 Å². The number of nitrogens with one attached hydrogen (secondary N) is 2. The first-order chi connectivity index (χ1) is 11.9. The van der Waals surface area contributed by atoms with E-state index in [2.05, 4.69) is 10.6 Å². The highest BCUT2D eigenvalue weighted by Crippen LogP contribution is 2.48. The van der Waals surface area contributed by atoms with Gasteiger partial charge in [0.2, 0.25) is 11.8 Å². The number of hydrogen-bond donors (Lipinski definition) is 2. The van der Waals surface area contributed by atoms with Crippen molar-refractivity contribution in [1.29, 1.82) is 0 Å². The summed E-state index contributed by atoms with van der Waals surface area (Å²) in [5.41, 5.74) is -0.0840.